The molecular formula is C6H10O6. The molecule has 2 atom stereocenters. The van der Waals surface area contributed by atoms with E-state index >= 15 is 0 Å². The average molecular weight is 178 g/mol. The lowest BCUT2D eigenvalue weighted by molar-refractivity contribution is -0.146. The summed E-state index contributed by atoms with van der Waals surface area (Å²) in [6.07, 6.45) is -4.37. The highest BCUT2D eigenvalue weighted by atomic mass is 16.4. The van der Waals surface area contributed by atoms with Gasteiger partial charge in [-0.15, -0.1) is 0 Å². The number of hydrogen-bond acceptors (Lipinski definition) is 4. The van der Waals surface area contributed by atoms with Gasteiger partial charge in [0.25, 0.3) is 0 Å². The van der Waals surface area contributed by atoms with Crippen LogP contribution in [0, 0.1) is 0 Å². The van der Waals surface area contributed by atoms with Crippen LogP contribution in [0.25, 0.3) is 0 Å². The molecule has 0 aromatic carbocycles. The molecule has 0 heterocycles. The molecule has 0 saturated heterocycles. The molecule has 0 amide bonds. The van der Waals surface area contributed by atoms with E-state index in [0.29, 0.717) is 0 Å². The Bertz CT molecular complexity index is 157. The van der Waals surface area contributed by atoms with Crippen LogP contribution in [0.2, 0.25) is 0 Å². The minimum Gasteiger partial charge on any atom is -0.481 e. The molecular weight excluding hydrogens is 168 g/mol. The Labute approximate surface area is 68.1 Å². The fraction of sp³-hybridized carbons (Fsp3) is 0.667. The van der Waals surface area contributed by atoms with Crippen LogP contribution in [0.15, 0.2) is 0 Å². The van der Waals surface area contributed by atoms with Crippen LogP contribution in [0.1, 0.15) is 12.8 Å². The number of carbonyl (C=O) groups is 2. The first-order chi connectivity index (χ1) is 5.43. The molecule has 0 aliphatic carbocycles. The first kappa shape index (κ1) is 10.9. The van der Waals surface area contributed by atoms with E-state index in [1.165, 1.54) is 0 Å². The number of aliphatic hydroxyl groups excluding tert-OH is 2. The summed E-state index contributed by atoms with van der Waals surface area (Å²) >= 11 is 0. The maximum atomic E-state index is 9.98. The summed E-state index contributed by atoms with van der Waals surface area (Å²) in [6, 6.07) is 0. The zero-order chi connectivity index (χ0) is 9.72. The smallest absolute Gasteiger partial charge is 0.306 e. The van der Waals surface area contributed by atoms with E-state index in [2.05, 4.69) is 0 Å². The van der Waals surface area contributed by atoms with Crippen molar-refractivity contribution < 1.29 is 30.0 Å². The van der Waals surface area contributed by atoms with Gasteiger partial charge in [-0.05, 0) is 0 Å². The summed E-state index contributed by atoms with van der Waals surface area (Å²) in [7, 11) is 0. The van der Waals surface area contributed by atoms with E-state index in [0.717, 1.165) is 0 Å². The molecule has 0 aromatic rings. The summed E-state index contributed by atoms with van der Waals surface area (Å²) in [5.41, 5.74) is 0. The third kappa shape index (κ3) is 4.64. The van der Waals surface area contributed by atoms with Crippen molar-refractivity contribution >= 4 is 11.9 Å². The van der Waals surface area contributed by atoms with Gasteiger partial charge in [0, 0.05) is 0 Å². The molecule has 0 aliphatic rings. The van der Waals surface area contributed by atoms with Gasteiger partial charge in [0.05, 0.1) is 25.0 Å². The predicted molar refractivity (Wildman–Crippen MR) is 36.5 cm³/mol. The molecule has 0 radical (unpaired) electrons. The fourth-order valence-electron chi connectivity index (χ4n) is 0.630. The van der Waals surface area contributed by atoms with Gasteiger partial charge in [-0.3, -0.25) is 9.59 Å². The quantitative estimate of drug-likeness (QED) is 0.414. The van der Waals surface area contributed by atoms with Crippen molar-refractivity contribution in [3.63, 3.8) is 0 Å². The molecule has 4 N–H and O–H groups in total. The summed E-state index contributed by atoms with van der Waals surface area (Å²) < 4.78 is 0. The first-order valence-corrected chi connectivity index (χ1v) is 3.23. The Morgan fingerprint density at radius 2 is 1.17 bits per heavy atom. The molecule has 0 saturated carbocycles. The summed E-state index contributed by atoms with van der Waals surface area (Å²) in [5.74, 6) is -2.57. The number of aliphatic carboxylic acids is 2. The second-order valence-corrected chi connectivity index (χ2v) is 2.33. The maximum Gasteiger partial charge on any atom is 0.306 e. The van der Waals surface area contributed by atoms with Crippen molar-refractivity contribution in [2.24, 2.45) is 0 Å². The van der Waals surface area contributed by atoms with Crippen molar-refractivity contribution in [2.45, 2.75) is 25.0 Å². The highest BCUT2D eigenvalue weighted by Crippen LogP contribution is 2.03. The van der Waals surface area contributed by atoms with Crippen LogP contribution in [-0.4, -0.2) is 44.6 Å². The molecule has 70 valence electrons. The lowest BCUT2D eigenvalue weighted by Crippen LogP contribution is -2.30. The van der Waals surface area contributed by atoms with E-state index in [1.807, 2.05) is 0 Å². The Morgan fingerprint density at radius 3 is 1.33 bits per heavy atom. The summed E-state index contributed by atoms with van der Waals surface area (Å²) in [6.45, 7) is 0. The topological polar surface area (TPSA) is 115 Å². The monoisotopic (exact) mass is 178 g/mol. The second-order valence-electron chi connectivity index (χ2n) is 2.33. The Morgan fingerprint density at radius 1 is 0.917 bits per heavy atom. The lowest BCUT2D eigenvalue weighted by Gasteiger charge is -2.13. The Balaban J connectivity index is 3.83. The van der Waals surface area contributed by atoms with Gasteiger partial charge in [0.15, 0.2) is 0 Å². The molecule has 0 aliphatic heterocycles. The van der Waals surface area contributed by atoms with Crippen LogP contribution >= 0.6 is 0 Å². The molecule has 0 spiro atoms. The van der Waals surface area contributed by atoms with Crippen LogP contribution in [0.4, 0.5) is 0 Å². The minimum absolute atomic E-state index is 0.658. The van der Waals surface area contributed by atoms with Crippen LogP contribution in [0.5, 0.6) is 0 Å². The Hall–Kier alpha value is -1.14. The fourth-order valence-corrected chi connectivity index (χ4v) is 0.630. The molecule has 6 nitrogen and oxygen atoms in total. The van der Waals surface area contributed by atoms with Crippen LogP contribution in [-0.2, 0) is 9.59 Å². The number of rotatable bonds is 5. The van der Waals surface area contributed by atoms with Crippen molar-refractivity contribution in [1.29, 1.82) is 0 Å². The van der Waals surface area contributed by atoms with Gasteiger partial charge in [0.2, 0.25) is 0 Å². The average Bonchev–Trinajstić information content (AvgIpc) is 1.84. The molecule has 0 fully saturated rings. The van der Waals surface area contributed by atoms with Crippen molar-refractivity contribution in [3.05, 3.63) is 0 Å². The minimum atomic E-state index is -1.53. The van der Waals surface area contributed by atoms with Gasteiger partial charge in [-0.2, -0.15) is 0 Å². The van der Waals surface area contributed by atoms with E-state index < -0.39 is 37.0 Å². The number of hydrogen-bond donors (Lipinski definition) is 4. The molecule has 2 unspecified atom stereocenters. The maximum absolute atomic E-state index is 9.98. The van der Waals surface area contributed by atoms with Gasteiger partial charge in [0.1, 0.15) is 0 Å². The van der Waals surface area contributed by atoms with Crippen LogP contribution in [0.3, 0.4) is 0 Å². The highest BCUT2D eigenvalue weighted by Gasteiger charge is 2.21. The van der Waals surface area contributed by atoms with E-state index in [-0.39, 0.29) is 0 Å². The third-order valence-electron chi connectivity index (χ3n) is 1.21. The molecule has 12 heavy (non-hydrogen) atoms. The zero-order valence-electron chi connectivity index (χ0n) is 6.17. The first-order valence-electron chi connectivity index (χ1n) is 3.23. The summed E-state index contributed by atoms with van der Waals surface area (Å²) in [4.78, 5) is 20.0. The standard InChI is InChI=1S/C6H10O6/c7-3(1-5(9)10)4(8)2-6(11)12/h3-4,7-8H,1-2H2,(H,9,10)(H,11,12). The van der Waals surface area contributed by atoms with Crippen molar-refractivity contribution in [1.82, 2.24) is 0 Å². The Kier molecular flexibility index (Phi) is 4.24. The normalized spacial score (nSPS) is 15.2. The number of carboxylic acids is 2. The lowest BCUT2D eigenvalue weighted by atomic mass is 10.1. The molecule has 0 aromatic heterocycles. The second kappa shape index (κ2) is 4.68. The highest BCUT2D eigenvalue weighted by molar-refractivity contribution is 5.69. The third-order valence-corrected chi connectivity index (χ3v) is 1.21. The van der Waals surface area contributed by atoms with Gasteiger partial charge in [-0.1, -0.05) is 0 Å². The van der Waals surface area contributed by atoms with Crippen molar-refractivity contribution in [2.75, 3.05) is 0 Å². The zero-order valence-corrected chi connectivity index (χ0v) is 6.17. The van der Waals surface area contributed by atoms with E-state index in [9.17, 15) is 9.59 Å². The molecule has 0 rings (SSSR count). The van der Waals surface area contributed by atoms with E-state index in [1.54, 1.807) is 0 Å². The van der Waals surface area contributed by atoms with Crippen molar-refractivity contribution in [3.8, 4) is 0 Å². The SMILES string of the molecule is O=C(O)CC(O)C(O)CC(=O)O. The van der Waals surface area contributed by atoms with Gasteiger partial charge >= 0.3 is 11.9 Å². The number of carboxylic acid groups (broad SMARTS) is 2. The van der Waals surface area contributed by atoms with Crippen LogP contribution < -0.4 is 0 Å². The number of aliphatic hydroxyl groups is 2. The summed E-state index contributed by atoms with van der Waals surface area (Å²) in [5, 5.41) is 34.0. The van der Waals surface area contributed by atoms with Gasteiger partial charge in [-0.25, -0.2) is 0 Å². The predicted octanol–water partition coefficient (Wildman–Crippen LogP) is -1.34. The van der Waals surface area contributed by atoms with Gasteiger partial charge < -0.3 is 20.4 Å². The van der Waals surface area contributed by atoms with E-state index in [4.69, 9.17) is 20.4 Å². The molecule has 0 bridgehead atoms. The molecule has 6 heteroatoms. The largest absolute Gasteiger partial charge is 0.481 e.